The third-order valence-electron chi connectivity index (χ3n) is 3.15. The average Bonchev–Trinajstić information content (AvgIpc) is 2.43. The molecule has 1 aliphatic heterocycles. The molecule has 2 rings (SSSR count). The highest BCUT2D eigenvalue weighted by Crippen LogP contribution is 2.27. The Balaban J connectivity index is 2.18. The van der Waals surface area contributed by atoms with Gasteiger partial charge in [-0.25, -0.2) is 4.99 Å². The number of benzene rings is 1. The second-order valence-electron chi connectivity index (χ2n) is 4.59. The lowest BCUT2D eigenvalue weighted by molar-refractivity contribution is 0.477. The summed E-state index contributed by atoms with van der Waals surface area (Å²) in [5.41, 5.74) is 1.03. The first-order valence-corrected chi connectivity index (χ1v) is 6.47. The van der Waals surface area contributed by atoms with Crippen molar-refractivity contribution in [2.45, 2.75) is 26.2 Å². The number of nitrogens with zero attached hydrogens (tertiary/aromatic N) is 2. The van der Waals surface area contributed by atoms with Crippen LogP contribution in [0.5, 0.6) is 5.75 Å². The SMILES string of the molecule is CCCC1CC=CN=C1Nc1ccc(C#N)cc1O. The Morgan fingerprint density at radius 3 is 3.05 bits per heavy atom. The molecule has 4 heteroatoms. The summed E-state index contributed by atoms with van der Waals surface area (Å²) in [7, 11) is 0. The summed E-state index contributed by atoms with van der Waals surface area (Å²) < 4.78 is 0. The van der Waals surface area contributed by atoms with Crippen molar-refractivity contribution in [1.29, 1.82) is 5.26 Å². The monoisotopic (exact) mass is 255 g/mol. The van der Waals surface area contributed by atoms with Crippen molar-refractivity contribution in [3.05, 3.63) is 36.0 Å². The minimum Gasteiger partial charge on any atom is -0.506 e. The van der Waals surface area contributed by atoms with Crippen LogP contribution in [0, 0.1) is 17.2 Å². The summed E-state index contributed by atoms with van der Waals surface area (Å²) in [6.07, 6.45) is 6.97. The zero-order chi connectivity index (χ0) is 13.7. The lowest BCUT2D eigenvalue weighted by Crippen LogP contribution is -2.24. The summed E-state index contributed by atoms with van der Waals surface area (Å²) in [5, 5.41) is 21.8. The molecule has 1 aliphatic rings. The van der Waals surface area contributed by atoms with Crippen molar-refractivity contribution in [3.63, 3.8) is 0 Å². The topological polar surface area (TPSA) is 68.4 Å². The van der Waals surface area contributed by atoms with E-state index in [-0.39, 0.29) is 5.75 Å². The molecule has 0 aromatic heterocycles. The highest BCUT2D eigenvalue weighted by Gasteiger charge is 2.17. The number of hydrogen-bond donors (Lipinski definition) is 2. The van der Waals surface area contributed by atoms with Crippen molar-refractivity contribution in [2.24, 2.45) is 10.9 Å². The lowest BCUT2D eigenvalue weighted by atomic mass is 9.96. The fraction of sp³-hybridized carbons (Fsp3) is 0.333. The van der Waals surface area contributed by atoms with Crippen LogP contribution in [-0.2, 0) is 0 Å². The van der Waals surface area contributed by atoms with Crippen LogP contribution in [0.2, 0.25) is 0 Å². The number of aromatic hydroxyl groups is 1. The molecular weight excluding hydrogens is 238 g/mol. The molecule has 0 amide bonds. The van der Waals surface area contributed by atoms with Gasteiger partial charge in [0, 0.05) is 12.1 Å². The van der Waals surface area contributed by atoms with E-state index < -0.39 is 0 Å². The lowest BCUT2D eigenvalue weighted by Gasteiger charge is -2.21. The van der Waals surface area contributed by atoms with Gasteiger partial charge < -0.3 is 10.4 Å². The Morgan fingerprint density at radius 1 is 1.53 bits per heavy atom. The zero-order valence-electron chi connectivity index (χ0n) is 10.9. The van der Waals surface area contributed by atoms with Gasteiger partial charge >= 0.3 is 0 Å². The maximum atomic E-state index is 9.88. The van der Waals surface area contributed by atoms with Gasteiger partial charge in [-0.1, -0.05) is 19.4 Å². The van der Waals surface area contributed by atoms with E-state index in [4.69, 9.17) is 5.26 Å². The molecule has 0 fully saturated rings. The van der Waals surface area contributed by atoms with E-state index in [1.165, 1.54) is 6.07 Å². The van der Waals surface area contributed by atoms with Gasteiger partial charge in [0.1, 0.15) is 11.6 Å². The third-order valence-corrected chi connectivity index (χ3v) is 3.15. The number of aliphatic imine (C=N–C) groups is 1. The fourth-order valence-electron chi connectivity index (χ4n) is 2.16. The maximum Gasteiger partial charge on any atom is 0.140 e. The van der Waals surface area contributed by atoms with Crippen LogP contribution in [-0.4, -0.2) is 10.9 Å². The number of anilines is 1. The Morgan fingerprint density at radius 2 is 2.37 bits per heavy atom. The van der Waals surface area contributed by atoms with E-state index in [0.717, 1.165) is 25.1 Å². The summed E-state index contributed by atoms with van der Waals surface area (Å²) in [6.45, 7) is 2.15. The molecule has 98 valence electrons. The van der Waals surface area contributed by atoms with E-state index in [1.807, 2.05) is 6.07 Å². The number of amidine groups is 1. The molecule has 0 saturated carbocycles. The second kappa shape index (κ2) is 6.05. The number of hydrogen-bond acceptors (Lipinski definition) is 4. The summed E-state index contributed by atoms with van der Waals surface area (Å²) in [5.74, 6) is 1.32. The molecular formula is C15H17N3O. The number of nitriles is 1. The van der Waals surface area contributed by atoms with Gasteiger partial charge in [0.25, 0.3) is 0 Å². The number of allylic oxidation sites excluding steroid dienone is 1. The van der Waals surface area contributed by atoms with Crippen LogP contribution in [0.1, 0.15) is 31.7 Å². The fourth-order valence-corrected chi connectivity index (χ4v) is 2.16. The minimum atomic E-state index is 0.0755. The zero-order valence-corrected chi connectivity index (χ0v) is 10.9. The number of nitrogens with one attached hydrogen (secondary N) is 1. The molecule has 1 atom stereocenters. The van der Waals surface area contributed by atoms with Crippen molar-refractivity contribution >= 4 is 11.5 Å². The minimum absolute atomic E-state index is 0.0755. The summed E-state index contributed by atoms with van der Waals surface area (Å²) >= 11 is 0. The van der Waals surface area contributed by atoms with Crippen LogP contribution in [0.15, 0.2) is 35.5 Å². The second-order valence-corrected chi connectivity index (χ2v) is 4.59. The highest BCUT2D eigenvalue weighted by atomic mass is 16.3. The number of phenolic OH excluding ortho intramolecular Hbond substituents is 1. The Labute approximate surface area is 113 Å². The molecule has 1 unspecified atom stereocenters. The van der Waals surface area contributed by atoms with Crippen LogP contribution in [0.3, 0.4) is 0 Å². The molecule has 1 aromatic rings. The molecule has 0 bridgehead atoms. The Kier molecular flexibility index (Phi) is 4.19. The Hall–Kier alpha value is -2.28. The van der Waals surface area contributed by atoms with E-state index in [0.29, 0.717) is 17.2 Å². The average molecular weight is 255 g/mol. The molecule has 2 N–H and O–H groups in total. The first kappa shape index (κ1) is 13.2. The highest BCUT2D eigenvalue weighted by molar-refractivity contribution is 5.99. The van der Waals surface area contributed by atoms with E-state index in [2.05, 4.69) is 23.3 Å². The third kappa shape index (κ3) is 3.14. The largest absolute Gasteiger partial charge is 0.506 e. The van der Waals surface area contributed by atoms with Crippen LogP contribution in [0.25, 0.3) is 0 Å². The molecule has 1 aromatic carbocycles. The van der Waals surface area contributed by atoms with E-state index in [1.54, 1.807) is 18.3 Å². The van der Waals surface area contributed by atoms with Gasteiger partial charge in [-0.05, 0) is 31.0 Å². The molecule has 0 aliphatic carbocycles. The predicted octanol–water partition coefficient (Wildman–Crippen LogP) is 3.41. The molecule has 4 nitrogen and oxygen atoms in total. The Bertz CT molecular complexity index is 555. The van der Waals surface area contributed by atoms with Crippen molar-refractivity contribution in [3.8, 4) is 11.8 Å². The predicted molar refractivity (Wildman–Crippen MR) is 76.0 cm³/mol. The molecule has 1 heterocycles. The van der Waals surface area contributed by atoms with E-state index >= 15 is 0 Å². The molecule has 19 heavy (non-hydrogen) atoms. The van der Waals surface area contributed by atoms with Gasteiger partial charge in [0.15, 0.2) is 0 Å². The van der Waals surface area contributed by atoms with E-state index in [9.17, 15) is 5.11 Å². The first-order chi connectivity index (χ1) is 9.24. The standard InChI is InChI=1S/C15H17N3O/c1-2-4-12-5-3-8-17-15(12)18-13-7-6-11(10-16)9-14(13)19/h3,6-9,12,19H,2,4-5H2,1H3,(H,17,18). The van der Waals surface area contributed by atoms with Gasteiger partial charge in [-0.15, -0.1) is 0 Å². The molecule has 0 spiro atoms. The maximum absolute atomic E-state index is 9.88. The van der Waals surface area contributed by atoms with Crippen LogP contribution < -0.4 is 5.32 Å². The van der Waals surface area contributed by atoms with Crippen molar-refractivity contribution < 1.29 is 5.11 Å². The van der Waals surface area contributed by atoms with Crippen LogP contribution in [0.4, 0.5) is 5.69 Å². The van der Waals surface area contributed by atoms with Gasteiger partial charge in [-0.3, -0.25) is 0 Å². The first-order valence-electron chi connectivity index (χ1n) is 6.47. The van der Waals surface area contributed by atoms with Gasteiger partial charge in [0.2, 0.25) is 0 Å². The van der Waals surface area contributed by atoms with Crippen molar-refractivity contribution in [1.82, 2.24) is 0 Å². The smallest absolute Gasteiger partial charge is 0.140 e. The van der Waals surface area contributed by atoms with Gasteiger partial charge in [0.05, 0.1) is 17.3 Å². The molecule has 0 radical (unpaired) electrons. The van der Waals surface area contributed by atoms with Crippen LogP contribution >= 0.6 is 0 Å². The summed E-state index contributed by atoms with van der Waals surface area (Å²) in [4.78, 5) is 4.36. The quantitative estimate of drug-likeness (QED) is 0.813. The number of rotatable bonds is 3. The normalized spacial score (nSPS) is 17.7. The van der Waals surface area contributed by atoms with Crippen molar-refractivity contribution in [2.75, 3.05) is 5.32 Å². The summed E-state index contributed by atoms with van der Waals surface area (Å²) in [6, 6.07) is 6.84. The number of phenols is 1. The van der Waals surface area contributed by atoms with Gasteiger partial charge in [-0.2, -0.15) is 5.26 Å². The molecule has 0 saturated heterocycles.